The first-order valence-corrected chi connectivity index (χ1v) is 4.50. The Labute approximate surface area is 68.6 Å². The van der Waals surface area contributed by atoms with E-state index in [2.05, 4.69) is 0 Å². The van der Waals surface area contributed by atoms with Crippen molar-refractivity contribution in [3.8, 4) is 0 Å². The Balaban J connectivity index is 2.05. The zero-order valence-electron chi connectivity index (χ0n) is 7.42. The van der Waals surface area contributed by atoms with E-state index in [1.165, 1.54) is 19.3 Å². The van der Waals surface area contributed by atoms with Gasteiger partial charge in [-0.05, 0) is 32.6 Å². The van der Waals surface area contributed by atoms with Gasteiger partial charge < -0.3 is 9.84 Å². The van der Waals surface area contributed by atoms with Crippen molar-refractivity contribution >= 4 is 0 Å². The molecule has 0 spiro atoms. The van der Waals surface area contributed by atoms with Crippen LogP contribution in [0.3, 0.4) is 0 Å². The van der Waals surface area contributed by atoms with Gasteiger partial charge in [0.05, 0.1) is 18.8 Å². The molecule has 11 heavy (non-hydrogen) atoms. The molecule has 2 nitrogen and oxygen atoms in total. The van der Waals surface area contributed by atoms with Crippen molar-refractivity contribution in [2.24, 2.45) is 5.92 Å². The van der Waals surface area contributed by atoms with E-state index in [1.54, 1.807) is 0 Å². The van der Waals surface area contributed by atoms with Crippen LogP contribution in [0.1, 0.15) is 33.1 Å². The second-order valence-corrected chi connectivity index (χ2v) is 3.64. The molecule has 2 heteroatoms. The van der Waals surface area contributed by atoms with Crippen LogP contribution in [0.5, 0.6) is 0 Å². The SMILES string of the molecule is CC(C)OCC(O)C1CCC1. The standard InChI is InChI=1S/C9H18O2/c1-7(2)11-6-9(10)8-4-3-5-8/h7-10H,3-6H2,1-2H3. The molecule has 1 unspecified atom stereocenters. The lowest BCUT2D eigenvalue weighted by molar-refractivity contribution is -0.0363. The summed E-state index contributed by atoms with van der Waals surface area (Å²) >= 11 is 0. The van der Waals surface area contributed by atoms with Gasteiger partial charge in [-0.15, -0.1) is 0 Å². The Morgan fingerprint density at radius 2 is 2.09 bits per heavy atom. The van der Waals surface area contributed by atoms with Crippen LogP contribution < -0.4 is 0 Å². The minimum absolute atomic E-state index is 0.217. The summed E-state index contributed by atoms with van der Waals surface area (Å²) in [5, 5.41) is 9.49. The van der Waals surface area contributed by atoms with Crippen molar-refractivity contribution in [2.75, 3.05) is 6.61 Å². The van der Waals surface area contributed by atoms with Gasteiger partial charge in [0.15, 0.2) is 0 Å². The van der Waals surface area contributed by atoms with Crippen LogP contribution in [-0.2, 0) is 4.74 Å². The molecule has 0 saturated heterocycles. The first-order valence-electron chi connectivity index (χ1n) is 4.50. The average molecular weight is 158 g/mol. The first-order chi connectivity index (χ1) is 5.20. The lowest BCUT2D eigenvalue weighted by atomic mass is 9.81. The number of aliphatic hydroxyl groups is 1. The molecule has 0 radical (unpaired) electrons. The van der Waals surface area contributed by atoms with Crippen molar-refractivity contribution in [2.45, 2.75) is 45.3 Å². The summed E-state index contributed by atoms with van der Waals surface area (Å²) < 4.78 is 5.31. The van der Waals surface area contributed by atoms with Gasteiger partial charge in [0.25, 0.3) is 0 Å². The molecule has 1 rings (SSSR count). The Kier molecular flexibility index (Phi) is 3.34. The Hall–Kier alpha value is -0.0800. The maximum atomic E-state index is 9.49. The van der Waals surface area contributed by atoms with E-state index >= 15 is 0 Å². The minimum Gasteiger partial charge on any atom is -0.390 e. The molecule has 0 amide bonds. The van der Waals surface area contributed by atoms with Gasteiger partial charge in [0.2, 0.25) is 0 Å². The van der Waals surface area contributed by atoms with E-state index in [4.69, 9.17) is 4.74 Å². The second-order valence-electron chi connectivity index (χ2n) is 3.64. The van der Waals surface area contributed by atoms with Crippen LogP contribution in [0.2, 0.25) is 0 Å². The summed E-state index contributed by atoms with van der Waals surface area (Å²) in [6.45, 7) is 4.50. The molecular weight excluding hydrogens is 140 g/mol. The number of hydrogen-bond donors (Lipinski definition) is 1. The summed E-state index contributed by atoms with van der Waals surface area (Å²) in [4.78, 5) is 0. The smallest absolute Gasteiger partial charge is 0.0801 e. The maximum absolute atomic E-state index is 9.49. The summed E-state index contributed by atoms with van der Waals surface area (Å²) in [7, 11) is 0. The normalized spacial score (nSPS) is 21.8. The molecule has 0 aromatic carbocycles. The van der Waals surface area contributed by atoms with Gasteiger partial charge in [-0.25, -0.2) is 0 Å². The maximum Gasteiger partial charge on any atom is 0.0801 e. The molecule has 1 aliphatic rings. The summed E-state index contributed by atoms with van der Waals surface area (Å²) in [6.07, 6.45) is 3.67. The van der Waals surface area contributed by atoms with Crippen LogP contribution in [0, 0.1) is 5.92 Å². The largest absolute Gasteiger partial charge is 0.390 e. The predicted molar refractivity (Wildman–Crippen MR) is 44.4 cm³/mol. The Morgan fingerprint density at radius 3 is 2.45 bits per heavy atom. The molecule has 1 saturated carbocycles. The lowest BCUT2D eigenvalue weighted by Gasteiger charge is -2.30. The van der Waals surface area contributed by atoms with E-state index < -0.39 is 0 Å². The molecule has 0 heterocycles. The second kappa shape index (κ2) is 4.07. The third-order valence-corrected chi connectivity index (χ3v) is 2.29. The fraction of sp³-hybridized carbons (Fsp3) is 1.00. The van der Waals surface area contributed by atoms with Crippen molar-refractivity contribution in [3.63, 3.8) is 0 Å². The highest BCUT2D eigenvalue weighted by Gasteiger charge is 2.25. The summed E-state index contributed by atoms with van der Waals surface area (Å²) in [5.74, 6) is 0.522. The van der Waals surface area contributed by atoms with Crippen LogP contribution in [-0.4, -0.2) is 23.9 Å². The van der Waals surface area contributed by atoms with E-state index in [9.17, 15) is 5.11 Å². The van der Waals surface area contributed by atoms with Crippen molar-refractivity contribution in [1.29, 1.82) is 0 Å². The number of rotatable bonds is 4. The zero-order chi connectivity index (χ0) is 8.27. The van der Waals surface area contributed by atoms with E-state index in [-0.39, 0.29) is 12.2 Å². The van der Waals surface area contributed by atoms with Crippen LogP contribution in [0.4, 0.5) is 0 Å². The van der Waals surface area contributed by atoms with Crippen LogP contribution in [0.15, 0.2) is 0 Å². The van der Waals surface area contributed by atoms with Gasteiger partial charge >= 0.3 is 0 Å². The molecule has 1 fully saturated rings. The Morgan fingerprint density at radius 1 is 1.45 bits per heavy atom. The van der Waals surface area contributed by atoms with Crippen molar-refractivity contribution in [3.05, 3.63) is 0 Å². The topological polar surface area (TPSA) is 29.5 Å². The minimum atomic E-state index is -0.217. The van der Waals surface area contributed by atoms with Gasteiger partial charge in [0, 0.05) is 0 Å². The average Bonchev–Trinajstić information content (AvgIpc) is 1.79. The van der Waals surface area contributed by atoms with E-state index in [1.807, 2.05) is 13.8 Å². The summed E-state index contributed by atoms with van der Waals surface area (Å²) in [6, 6.07) is 0. The molecule has 0 aromatic heterocycles. The fourth-order valence-corrected chi connectivity index (χ4v) is 1.25. The van der Waals surface area contributed by atoms with Crippen molar-refractivity contribution in [1.82, 2.24) is 0 Å². The van der Waals surface area contributed by atoms with Crippen LogP contribution >= 0.6 is 0 Å². The fourth-order valence-electron chi connectivity index (χ4n) is 1.25. The van der Waals surface area contributed by atoms with Crippen molar-refractivity contribution < 1.29 is 9.84 Å². The molecule has 0 bridgehead atoms. The molecular formula is C9H18O2. The third-order valence-electron chi connectivity index (χ3n) is 2.29. The molecule has 66 valence electrons. The monoisotopic (exact) mass is 158 g/mol. The zero-order valence-corrected chi connectivity index (χ0v) is 7.42. The Bertz CT molecular complexity index is 108. The highest BCUT2D eigenvalue weighted by molar-refractivity contribution is 4.76. The molecule has 1 N–H and O–H groups in total. The highest BCUT2D eigenvalue weighted by Crippen LogP contribution is 2.29. The van der Waals surface area contributed by atoms with Crippen LogP contribution in [0.25, 0.3) is 0 Å². The molecule has 0 aliphatic heterocycles. The van der Waals surface area contributed by atoms with E-state index in [0.29, 0.717) is 12.5 Å². The van der Waals surface area contributed by atoms with Gasteiger partial charge in [-0.3, -0.25) is 0 Å². The highest BCUT2D eigenvalue weighted by atomic mass is 16.5. The quantitative estimate of drug-likeness (QED) is 0.673. The predicted octanol–water partition coefficient (Wildman–Crippen LogP) is 1.57. The van der Waals surface area contributed by atoms with Gasteiger partial charge in [-0.1, -0.05) is 6.42 Å². The summed E-state index contributed by atoms with van der Waals surface area (Å²) in [5.41, 5.74) is 0. The number of hydrogen-bond acceptors (Lipinski definition) is 2. The van der Waals surface area contributed by atoms with Gasteiger partial charge in [0.1, 0.15) is 0 Å². The lowest BCUT2D eigenvalue weighted by Crippen LogP contribution is -2.31. The van der Waals surface area contributed by atoms with E-state index in [0.717, 1.165) is 0 Å². The first kappa shape index (κ1) is 9.01. The number of aliphatic hydroxyl groups excluding tert-OH is 1. The molecule has 0 aromatic rings. The molecule has 1 atom stereocenters. The number of ether oxygens (including phenoxy) is 1. The third kappa shape index (κ3) is 2.80. The van der Waals surface area contributed by atoms with Gasteiger partial charge in [-0.2, -0.15) is 0 Å². The molecule has 1 aliphatic carbocycles.